The van der Waals surface area contributed by atoms with E-state index in [1.54, 1.807) is 24.3 Å². The number of hydrogen-bond donors (Lipinski definition) is 2. The maximum absolute atomic E-state index is 11.9. The molecule has 144 valence electrons. The molecule has 3 N–H and O–H groups in total. The van der Waals surface area contributed by atoms with E-state index in [2.05, 4.69) is 0 Å². The molecule has 0 radical (unpaired) electrons. The summed E-state index contributed by atoms with van der Waals surface area (Å²) in [6, 6.07) is 7.77. The van der Waals surface area contributed by atoms with Crippen LogP contribution in [0.2, 0.25) is 0 Å². The first kappa shape index (κ1) is 20.5. The van der Waals surface area contributed by atoms with Crippen LogP contribution in [0, 0.1) is 32.1 Å². The Morgan fingerprint density at radius 2 is 1.89 bits per heavy atom. The number of nitrogens with one attached hydrogen (secondary N) is 1. The third-order valence-electron chi connectivity index (χ3n) is 4.23. The number of amides is 3. The van der Waals surface area contributed by atoms with Crippen molar-refractivity contribution in [3.8, 4) is 11.8 Å². The van der Waals surface area contributed by atoms with Crippen LogP contribution in [0.15, 0.2) is 29.8 Å². The van der Waals surface area contributed by atoms with Crippen molar-refractivity contribution in [2.24, 2.45) is 5.73 Å². The van der Waals surface area contributed by atoms with Gasteiger partial charge in [0.05, 0.1) is 12.7 Å². The van der Waals surface area contributed by atoms with Crippen LogP contribution in [0.1, 0.15) is 32.9 Å². The SMILES string of the molecule is COC(=O)c1ccc(-n2c(C)cc(/C=C(/C#N)C(=O)NC(N)=O)c2C)c(C)c1. The van der Waals surface area contributed by atoms with Crippen molar-refractivity contribution in [2.45, 2.75) is 20.8 Å². The Kier molecular flexibility index (Phi) is 6.01. The second-order valence-corrected chi connectivity index (χ2v) is 6.14. The Balaban J connectivity index is 2.51. The van der Waals surface area contributed by atoms with Crippen molar-refractivity contribution in [3.63, 3.8) is 0 Å². The molecular formula is C20H20N4O4. The van der Waals surface area contributed by atoms with Crippen molar-refractivity contribution in [1.29, 1.82) is 5.26 Å². The fourth-order valence-corrected chi connectivity index (χ4v) is 2.94. The van der Waals surface area contributed by atoms with Crippen LogP contribution in [-0.4, -0.2) is 29.6 Å². The number of nitriles is 1. The van der Waals surface area contributed by atoms with Gasteiger partial charge in [-0.2, -0.15) is 5.26 Å². The van der Waals surface area contributed by atoms with Gasteiger partial charge >= 0.3 is 12.0 Å². The number of primary amides is 1. The molecule has 8 nitrogen and oxygen atoms in total. The van der Waals surface area contributed by atoms with Gasteiger partial charge in [0, 0.05) is 17.1 Å². The minimum atomic E-state index is -1.03. The quantitative estimate of drug-likeness (QED) is 0.478. The number of nitrogens with two attached hydrogens (primary N) is 1. The highest BCUT2D eigenvalue weighted by atomic mass is 16.5. The van der Waals surface area contributed by atoms with Crippen LogP contribution in [0.5, 0.6) is 0 Å². The molecule has 2 aromatic rings. The van der Waals surface area contributed by atoms with Crippen LogP contribution in [-0.2, 0) is 9.53 Å². The number of aromatic nitrogens is 1. The minimum absolute atomic E-state index is 0.239. The molecule has 0 bridgehead atoms. The second-order valence-electron chi connectivity index (χ2n) is 6.14. The van der Waals surface area contributed by atoms with Crippen molar-refractivity contribution < 1.29 is 19.1 Å². The zero-order valence-electron chi connectivity index (χ0n) is 16.0. The van der Waals surface area contributed by atoms with E-state index in [1.165, 1.54) is 13.2 Å². The van der Waals surface area contributed by atoms with Gasteiger partial charge in [0.2, 0.25) is 0 Å². The van der Waals surface area contributed by atoms with Crippen LogP contribution in [0.25, 0.3) is 11.8 Å². The van der Waals surface area contributed by atoms with E-state index in [4.69, 9.17) is 10.5 Å². The zero-order valence-corrected chi connectivity index (χ0v) is 16.0. The number of benzene rings is 1. The average Bonchev–Trinajstić information content (AvgIpc) is 2.91. The summed E-state index contributed by atoms with van der Waals surface area (Å²) in [6.45, 7) is 5.60. The van der Waals surface area contributed by atoms with E-state index in [9.17, 15) is 19.6 Å². The second kappa shape index (κ2) is 8.22. The van der Waals surface area contributed by atoms with Crippen molar-refractivity contribution >= 4 is 24.0 Å². The lowest BCUT2D eigenvalue weighted by atomic mass is 10.1. The first-order chi connectivity index (χ1) is 13.2. The smallest absolute Gasteiger partial charge is 0.337 e. The van der Waals surface area contributed by atoms with Gasteiger partial charge in [0.15, 0.2) is 0 Å². The molecule has 0 aliphatic rings. The van der Waals surface area contributed by atoms with Crippen LogP contribution >= 0.6 is 0 Å². The lowest BCUT2D eigenvalue weighted by Crippen LogP contribution is -2.35. The van der Waals surface area contributed by atoms with E-state index in [0.29, 0.717) is 11.1 Å². The number of methoxy groups -OCH3 is 1. The number of ether oxygens (including phenoxy) is 1. The monoisotopic (exact) mass is 380 g/mol. The summed E-state index contributed by atoms with van der Waals surface area (Å²) >= 11 is 0. The summed E-state index contributed by atoms with van der Waals surface area (Å²) in [5, 5.41) is 11.1. The van der Waals surface area contributed by atoms with E-state index in [1.807, 2.05) is 36.7 Å². The molecule has 0 atom stereocenters. The number of aryl methyl sites for hydroxylation is 2. The third kappa shape index (κ3) is 4.10. The standard InChI is InChI=1S/C20H20N4O4/c1-11-7-14(19(26)28-4)5-6-17(11)24-12(2)8-15(13(24)3)9-16(10-21)18(25)23-20(22)27/h5-9H,1-4H3,(H3,22,23,25,27)/b16-9-. The van der Waals surface area contributed by atoms with Gasteiger partial charge in [-0.25, -0.2) is 9.59 Å². The molecule has 0 aliphatic heterocycles. The number of carbonyl (C=O) groups excluding carboxylic acids is 3. The van der Waals surface area contributed by atoms with Gasteiger partial charge in [-0.1, -0.05) is 0 Å². The molecule has 1 heterocycles. The van der Waals surface area contributed by atoms with E-state index >= 15 is 0 Å². The van der Waals surface area contributed by atoms with Crippen molar-refractivity contribution in [3.05, 3.63) is 57.9 Å². The van der Waals surface area contributed by atoms with Crippen molar-refractivity contribution in [1.82, 2.24) is 9.88 Å². The molecule has 0 spiro atoms. The molecule has 0 saturated carbocycles. The predicted octanol–water partition coefficient (Wildman–Crippen LogP) is 2.29. The maximum Gasteiger partial charge on any atom is 0.337 e. The Labute approximate surface area is 162 Å². The predicted molar refractivity (Wildman–Crippen MR) is 103 cm³/mol. The van der Waals surface area contributed by atoms with Gasteiger partial charge in [-0.3, -0.25) is 10.1 Å². The largest absolute Gasteiger partial charge is 0.465 e. The Morgan fingerprint density at radius 1 is 1.21 bits per heavy atom. The molecule has 2 rings (SSSR count). The molecular weight excluding hydrogens is 360 g/mol. The molecule has 0 aliphatic carbocycles. The lowest BCUT2D eigenvalue weighted by molar-refractivity contribution is -0.115. The molecule has 0 unspecified atom stereocenters. The van der Waals surface area contributed by atoms with Gasteiger partial charge in [0.1, 0.15) is 11.6 Å². The maximum atomic E-state index is 11.9. The first-order valence-corrected chi connectivity index (χ1v) is 8.30. The van der Waals surface area contributed by atoms with E-state index in [0.717, 1.165) is 22.6 Å². The molecule has 1 aromatic heterocycles. The Hall–Kier alpha value is -3.86. The first-order valence-electron chi connectivity index (χ1n) is 8.30. The van der Waals surface area contributed by atoms with Gasteiger partial charge in [0.25, 0.3) is 5.91 Å². The summed E-state index contributed by atoms with van der Waals surface area (Å²) in [5.74, 6) is -1.28. The highest BCUT2D eigenvalue weighted by Crippen LogP contribution is 2.25. The number of urea groups is 1. The molecule has 1 aromatic carbocycles. The highest BCUT2D eigenvalue weighted by Gasteiger charge is 2.16. The Morgan fingerprint density at radius 3 is 2.43 bits per heavy atom. The van der Waals surface area contributed by atoms with Gasteiger partial charge in [-0.15, -0.1) is 0 Å². The molecule has 0 saturated heterocycles. The normalized spacial score (nSPS) is 10.9. The average molecular weight is 380 g/mol. The number of nitrogens with zero attached hydrogens (tertiary/aromatic N) is 2. The molecule has 8 heteroatoms. The number of imide groups is 1. The number of esters is 1. The summed E-state index contributed by atoms with van der Waals surface area (Å²) in [6.07, 6.45) is 1.40. The molecule has 28 heavy (non-hydrogen) atoms. The topological polar surface area (TPSA) is 127 Å². The van der Waals surface area contributed by atoms with E-state index in [-0.39, 0.29) is 5.57 Å². The van der Waals surface area contributed by atoms with Gasteiger partial charge < -0.3 is 15.0 Å². The zero-order chi connectivity index (χ0) is 21.0. The number of carbonyl (C=O) groups is 3. The van der Waals surface area contributed by atoms with E-state index < -0.39 is 17.9 Å². The summed E-state index contributed by atoms with van der Waals surface area (Å²) < 4.78 is 6.69. The number of hydrogen-bond acceptors (Lipinski definition) is 5. The van der Waals surface area contributed by atoms with Crippen LogP contribution in [0.3, 0.4) is 0 Å². The van der Waals surface area contributed by atoms with Crippen molar-refractivity contribution in [2.75, 3.05) is 7.11 Å². The molecule has 0 fully saturated rings. The minimum Gasteiger partial charge on any atom is -0.465 e. The lowest BCUT2D eigenvalue weighted by Gasteiger charge is -2.14. The number of rotatable bonds is 4. The fourth-order valence-electron chi connectivity index (χ4n) is 2.94. The molecule has 3 amide bonds. The summed E-state index contributed by atoms with van der Waals surface area (Å²) in [5.41, 5.74) is 9.13. The van der Waals surface area contributed by atoms with Crippen LogP contribution < -0.4 is 11.1 Å². The fraction of sp³-hybridized carbons (Fsp3) is 0.200. The highest BCUT2D eigenvalue weighted by molar-refractivity contribution is 6.08. The van der Waals surface area contributed by atoms with Gasteiger partial charge in [-0.05, 0) is 62.2 Å². The van der Waals surface area contributed by atoms with Crippen LogP contribution in [0.4, 0.5) is 4.79 Å². The summed E-state index contributed by atoms with van der Waals surface area (Å²) in [7, 11) is 1.32. The Bertz CT molecular complexity index is 1040. The summed E-state index contributed by atoms with van der Waals surface area (Å²) in [4.78, 5) is 34.4. The third-order valence-corrected chi connectivity index (χ3v) is 4.23.